The molecule has 0 aromatic carbocycles. The summed E-state index contributed by atoms with van der Waals surface area (Å²) in [5, 5.41) is -0.502. The van der Waals surface area contributed by atoms with Crippen LogP contribution in [0, 0.1) is 11.8 Å². The molecule has 4 nitrogen and oxygen atoms in total. The van der Waals surface area contributed by atoms with Gasteiger partial charge in [-0.2, -0.15) is 0 Å². The van der Waals surface area contributed by atoms with Crippen molar-refractivity contribution in [2.45, 2.75) is 6.92 Å². The van der Waals surface area contributed by atoms with Crippen molar-refractivity contribution in [2.75, 3.05) is 20.2 Å². The lowest BCUT2D eigenvalue weighted by molar-refractivity contribution is -0.145. The number of rotatable bonds is 1. The Balaban J connectivity index is 2.61. The van der Waals surface area contributed by atoms with E-state index in [4.69, 9.17) is 11.6 Å². The van der Waals surface area contributed by atoms with Crippen LogP contribution in [0.25, 0.3) is 0 Å². The molecule has 74 valence electrons. The molecule has 0 saturated carbocycles. The molecule has 5 heteroatoms. The largest absolute Gasteiger partial charge is 0.469 e. The number of likely N-dealkylation sites (tertiary alicyclic amines) is 1. The van der Waals surface area contributed by atoms with Gasteiger partial charge in [0.2, 0.25) is 0 Å². The summed E-state index contributed by atoms with van der Waals surface area (Å²) in [5.74, 6) is -0.379. The van der Waals surface area contributed by atoms with Crippen molar-refractivity contribution in [1.29, 1.82) is 0 Å². The van der Waals surface area contributed by atoms with Gasteiger partial charge in [-0.15, -0.1) is 0 Å². The maximum absolute atomic E-state index is 11.2. The molecule has 1 saturated heterocycles. The molecule has 0 aliphatic carbocycles. The number of carbonyl (C=O) groups excluding carboxylic acids is 2. The fraction of sp³-hybridized carbons (Fsp3) is 0.750. The maximum Gasteiger partial charge on any atom is 0.316 e. The monoisotopic (exact) mass is 205 g/mol. The van der Waals surface area contributed by atoms with Crippen molar-refractivity contribution in [2.24, 2.45) is 11.8 Å². The number of ether oxygens (including phenoxy) is 1. The van der Waals surface area contributed by atoms with Gasteiger partial charge < -0.3 is 9.64 Å². The van der Waals surface area contributed by atoms with Gasteiger partial charge in [0, 0.05) is 13.1 Å². The van der Waals surface area contributed by atoms with Gasteiger partial charge in [0.05, 0.1) is 13.0 Å². The molecule has 0 unspecified atom stereocenters. The normalized spacial score (nSPS) is 27.5. The van der Waals surface area contributed by atoms with Gasteiger partial charge in [0.15, 0.2) is 0 Å². The zero-order valence-electron chi connectivity index (χ0n) is 7.62. The van der Waals surface area contributed by atoms with Gasteiger partial charge in [-0.3, -0.25) is 9.59 Å². The number of hydrogen-bond donors (Lipinski definition) is 0. The quantitative estimate of drug-likeness (QED) is 0.366. The number of halogens is 1. The minimum Gasteiger partial charge on any atom is -0.469 e. The van der Waals surface area contributed by atoms with Crippen LogP contribution in [0.2, 0.25) is 0 Å². The molecule has 0 radical (unpaired) electrons. The van der Waals surface area contributed by atoms with Gasteiger partial charge in [-0.25, -0.2) is 0 Å². The molecule has 0 N–H and O–H groups in total. The molecule has 0 spiro atoms. The van der Waals surface area contributed by atoms with E-state index in [-0.39, 0.29) is 17.8 Å². The Hall–Kier alpha value is -0.770. The van der Waals surface area contributed by atoms with Crippen molar-refractivity contribution in [3.8, 4) is 0 Å². The molecule has 1 rings (SSSR count). The lowest BCUT2D eigenvalue weighted by atomic mass is 9.99. The molecule has 2 atom stereocenters. The zero-order chi connectivity index (χ0) is 10.0. The first-order valence-electron chi connectivity index (χ1n) is 4.08. The van der Waals surface area contributed by atoms with Crippen LogP contribution < -0.4 is 0 Å². The van der Waals surface area contributed by atoms with Crippen molar-refractivity contribution >= 4 is 22.9 Å². The molecular weight excluding hydrogens is 194 g/mol. The second-order valence-electron chi connectivity index (χ2n) is 3.26. The highest BCUT2D eigenvalue weighted by atomic mass is 35.5. The molecular formula is C8H12ClNO3. The molecule has 1 fully saturated rings. The third-order valence-corrected chi connectivity index (χ3v) is 2.60. The average molecular weight is 206 g/mol. The summed E-state index contributed by atoms with van der Waals surface area (Å²) in [6.07, 6.45) is 0. The number of methoxy groups -OCH3 is 1. The topological polar surface area (TPSA) is 46.6 Å². The molecule has 13 heavy (non-hydrogen) atoms. The molecule has 1 amide bonds. The van der Waals surface area contributed by atoms with Crippen LogP contribution >= 0.6 is 11.6 Å². The van der Waals surface area contributed by atoms with Gasteiger partial charge in [-0.05, 0) is 17.5 Å². The lowest BCUT2D eigenvalue weighted by Crippen LogP contribution is -2.25. The Kier molecular flexibility index (Phi) is 3.14. The molecule has 1 aliphatic rings. The van der Waals surface area contributed by atoms with E-state index in [0.29, 0.717) is 13.1 Å². The van der Waals surface area contributed by atoms with E-state index in [9.17, 15) is 9.59 Å². The van der Waals surface area contributed by atoms with E-state index in [0.717, 1.165) is 0 Å². The van der Waals surface area contributed by atoms with Gasteiger partial charge in [0.25, 0.3) is 0 Å². The summed E-state index contributed by atoms with van der Waals surface area (Å²) in [5.41, 5.74) is 0. The Labute approximate surface area is 81.8 Å². The van der Waals surface area contributed by atoms with Crippen LogP contribution in [0.5, 0.6) is 0 Å². The van der Waals surface area contributed by atoms with Crippen molar-refractivity contribution in [3.63, 3.8) is 0 Å². The minimum absolute atomic E-state index is 0.121. The van der Waals surface area contributed by atoms with Crippen LogP contribution in [0.1, 0.15) is 6.92 Å². The summed E-state index contributed by atoms with van der Waals surface area (Å²) >= 11 is 5.30. The number of amides is 1. The van der Waals surface area contributed by atoms with E-state index < -0.39 is 5.37 Å². The van der Waals surface area contributed by atoms with E-state index >= 15 is 0 Å². The zero-order valence-corrected chi connectivity index (χ0v) is 8.37. The third-order valence-electron chi connectivity index (χ3n) is 2.36. The second-order valence-corrected chi connectivity index (χ2v) is 3.59. The molecule has 0 bridgehead atoms. The Morgan fingerprint density at radius 2 is 2.08 bits per heavy atom. The van der Waals surface area contributed by atoms with Gasteiger partial charge in [-0.1, -0.05) is 6.92 Å². The highest BCUT2D eigenvalue weighted by Gasteiger charge is 2.37. The fourth-order valence-corrected chi connectivity index (χ4v) is 1.71. The fourth-order valence-electron chi connectivity index (χ4n) is 1.57. The summed E-state index contributed by atoms with van der Waals surface area (Å²) in [6.45, 7) is 2.81. The summed E-state index contributed by atoms with van der Waals surface area (Å²) in [6, 6.07) is 0. The Bertz CT molecular complexity index is 231. The number of hydrogen-bond acceptors (Lipinski definition) is 3. The number of esters is 1. The summed E-state index contributed by atoms with van der Waals surface area (Å²) in [4.78, 5) is 23.4. The van der Waals surface area contributed by atoms with Crippen molar-refractivity contribution in [1.82, 2.24) is 4.90 Å². The highest BCUT2D eigenvalue weighted by Crippen LogP contribution is 2.24. The summed E-state index contributed by atoms with van der Waals surface area (Å²) < 4.78 is 4.61. The number of carbonyl (C=O) groups is 2. The lowest BCUT2D eigenvalue weighted by Gasteiger charge is -2.10. The van der Waals surface area contributed by atoms with Crippen LogP contribution in [-0.4, -0.2) is 36.4 Å². The van der Waals surface area contributed by atoms with Gasteiger partial charge in [0.1, 0.15) is 0 Å². The first-order chi connectivity index (χ1) is 6.06. The standard InChI is InChI=1S/C8H12ClNO3/c1-5-3-10(8(9)12)4-6(5)7(11)13-2/h5-6H,3-4H2,1-2H3/t5-,6-/m1/s1. The van der Waals surface area contributed by atoms with Crippen LogP contribution in [0.15, 0.2) is 0 Å². The van der Waals surface area contributed by atoms with E-state index in [1.54, 1.807) is 0 Å². The van der Waals surface area contributed by atoms with E-state index in [2.05, 4.69) is 4.74 Å². The molecule has 0 aromatic rings. The van der Waals surface area contributed by atoms with Gasteiger partial charge >= 0.3 is 11.3 Å². The Morgan fingerprint density at radius 3 is 2.46 bits per heavy atom. The smallest absolute Gasteiger partial charge is 0.316 e. The van der Waals surface area contributed by atoms with Crippen LogP contribution in [-0.2, 0) is 9.53 Å². The van der Waals surface area contributed by atoms with Crippen LogP contribution in [0.4, 0.5) is 4.79 Å². The predicted octanol–water partition coefficient (Wildman–Crippen LogP) is 1.09. The predicted molar refractivity (Wildman–Crippen MR) is 47.5 cm³/mol. The molecule has 0 aromatic heterocycles. The third kappa shape index (κ3) is 2.12. The first-order valence-corrected chi connectivity index (χ1v) is 4.46. The Morgan fingerprint density at radius 1 is 1.46 bits per heavy atom. The number of nitrogens with zero attached hydrogens (tertiary/aromatic N) is 1. The summed E-state index contributed by atoms with van der Waals surface area (Å²) in [7, 11) is 1.35. The highest BCUT2D eigenvalue weighted by molar-refractivity contribution is 6.62. The maximum atomic E-state index is 11.2. The van der Waals surface area contributed by atoms with E-state index in [1.807, 2.05) is 6.92 Å². The van der Waals surface area contributed by atoms with Crippen molar-refractivity contribution < 1.29 is 14.3 Å². The first kappa shape index (κ1) is 10.3. The van der Waals surface area contributed by atoms with E-state index in [1.165, 1.54) is 12.0 Å². The molecule has 1 heterocycles. The minimum atomic E-state index is -0.502. The van der Waals surface area contributed by atoms with Crippen molar-refractivity contribution in [3.05, 3.63) is 0 Å². The molecule has 1 aliphatic heterocycles. The van der Waals surface area contributed by atoms with Crippen LogP contribution in [0.3, 0.4) is 0 Å². The second kappa shape index (κ2) is 3.96. The SMILES string of the molecule is COC(=O)[C@@H]1CN(C(=O)Cl)C[C@H]1C. The average Bonchev–Trinajstić information content (AvgIpc) is 2.46.